The van der Waals surface area contributed by atoms with Gasteiger partial charge in [-0.2, -0.15) is 0 Å². The van der Waals surface area contributed by atoms with Crippen LogP contribution in [0.2, 0.25) is 0 Å². The zero-order chi connectivity index (χ0) is 19.3. The number of hydrogen-bond donors (Lipinski definition) is 0. The van der Waals surface area contributed by atoms with Gasteiger partial charge in [0.1, 0.15) is 11.6 Å². The Balaban J connectivity index is 1.66. The number of benzene rings is 1. The molecule has 0 aliphatic heterocycles. The molecule has 1 aliphatic carbocycles. The maximum absolute atomic E-state index is 14.4. The van der Waals surface area contributed by atoms with Crippen molar-refractivity contribution in [2.24, 2.45) is 11.8 Å². The monoisotopic (exact) mass is 376 g/mol. The highest BCUT2D eigenvalue weighted by atomic mass is 19.1. The summed E-state index contributed by atoms with van der Waals surface area (Å²) in [6.45, 7) is 5.18. The molecule has 0 aromatic heterocycles. The summed E-state index contributed by atoms with van der Waals surface area (Å²) in [4.78, 5) is 0. The van der Waals surface area contributed by atoms with E-state index in [0.29, 0.717) is 12.4 Å². The first-order valence-electron chi connectivity index (χ1n) is 11.6. The maximum Gasteiger partial charge on any atom is 0.130 e. The summed E-state index contributed by atoms with van der Waals surface area (Å²) in [7, 11) is 0. The molecule has 0 spiro atoms. The molecule has 1 fully saturated rings. The van der Waals surface area contributed by atoms with E-state index in [1.54, 1.807) is 6.07 Å². The molecule has 0 unspecified atom stereocenters. The van der Waals surface area contributed by atoms with Crippen LogP contribution < -0.4 is 4.74 Å². The minimum absolute atomic E-state index is 0.0886. The highest BCUT2D eigenvalue weighted by Gasteiger charge is 2.21. The highest BCUT2D eigenvalue weighted by Crippen LogP contribution is 2.34. The predicted octanol–water partition coefficient (Wildman–Crippen LogP) is 8.10. The summed E-state index contributed by atoms with van der Waals surface area (Å²) < 4.78 is 20.1. The Hall–Kier alpha value is -1.05. The fourth-order valence-electron chi connectivity index (χ4n) is 4.39. The Kier molecular flexibility index (Phi) is 10.9. The van der Waals surface area contributed by atoms with E-state index >= 15 is 0 Å². The van der Waals surface area contributed by atoms with Crippen LogP contribution in [0.3, 0.4) is 0 Å². The SMILES string of the molecule is CCCCCCOc1ccc(CC[C@H]2CC[C@H](CCCCC)CC2)c(F)c1. The van der Waals surface area contributed by atoms with Gasteiger partial charge >= 0.3 is 0 Å². The van der Waals surface area contributed by atoms with Gasteiger partial charge in [0.15, 0.2) is 0 Å². The van der Waals surface area contributed by atoms with Gasteiger partial charge < -0.3 is 4.74 Å². The maximum atomic E-state index is 14.4. The van der Waals surface area contributed by atoms with Crippen LogP contribution in [0.1, 0.15) is 103 Å². The Labute approximate surface area is 167 Å². The molecule has 1 saturated carbocycles. The first-order valence-corrected chi connectivity index (χ1v) is 11.6. The van der Waals surface area contributed by atoms with Crippen LogP contribution in [0.4, 0.5) is 4.39 Å². The number of aryl methyl sites for hydroxylation is 1. The standard InChI is InChI=1S/C25H41FO/c1-3-5-7-9-19-27-24-18-17-23(25(26)20-24)16-15-22-13-11-21(12-14-22)10-8-6-4-2/h17-18,20-22H,3-16,19H2,1-2H3/t21-,22-. The minimum atomic E-state index is -0.0886. The van der Waals surface area contributed by atoms with Crippen molar-refractivity contribution in [1.29, 1.82) is 0 Å². The minimum Gasteiger partial charge on any atom is -0.493 e. The van der Waals surface area contributed by atoms with Crippen LogP contribution in [-0.4, -0.2) is 6.61 Å². The molecule has 0 heterocycles. The molecule has 0 N–H and O–H groups in total. The Morgan fingerprint density at radius 2 is 1.52 bits per heavy atom. The van der Waals surface area contributed by atoms with E-state index in [9.17, 15) is 4.39 Å². The van der Waals surface area contributed by atoms with Gasteiger partial charge in [0.2, 0.25) is 0 Å². The van der Waals surface area contributed by atoms with Crippen LogP contribution in [0, 0.1) is 17.7 Å². The molecule has 1 aromatic rings. The first-order chi connectivity index (χ1) is 13.2. The van der Waals surface area contributed by atoms with Gasteiger partial charge in [-0.25, -0.2) is 4.39 Å². The van der Waals surface area contributed by atoms with Crippen LogP contribution in [0.15, 0.2) is 18.2 Å². The fraction of sp³-hybridized carbons (Fsp3) is 0.760. The van der Waals surface area contributed by atoms with Gasteiger partial charge in [0.25, 0.3) is 0 Å². The molecular formula is C25H41FO. The lowest BCUT2D eigenvalue weighted by Crippen LogP contribution is -2.15. The molecule has 2 heteroatoms. The molecule has 0 radical (unpaired) electrons. The number of halogens is 1. The van der Waals surface area contributed by atoms with Crippen molar-refractivity contribution in [2.75, 3.05) is 6.61 Å². The predicted molar refractivity (Wildman–Crippen MR) is 114 cm³/mol. The molecular weight excluding hydrogens is 335 g/mol. The van der Waals surface area contributed by atoms with E-state index in [1.165, 1.54) is 70.6 Å². The Morgan fingerprint density at radius 3 is 2.19 bits per heavy atom. The lowest BCUT2D eigenvalue weighted by molar-refractivity contribution is 0.248. The summed E-state index contributed by atoms with van der Waals surface area (Å²) >= 11 is 0. The fourth-order valence-corrected chi connectivity index (χ4v) is 4.39. The highest BCUT2D eigenvalue weighted by molar-refractivity contribution is 5.29. The quantitative estimate of drug-likeness (QED) is 0.316. The largest absolute Gasteiger partial charge is 0.493 e. The third-order valence-electron chi connectivity index (χ3n) is 6.30. The van der Waals surface area contributed by atoms with Crippen molar-refractivity contribution in [3.63, 3.8) is 0 Å². The summed E-state index contributed by atoms with van der Waals surface area (Å²) in [6, 6.07) is 5.47. The molecule has 0 bridgehead atoms. The molecule has 154 valence electrons. The summed E-state index contributed by atoms with van der Waals surface area (Å²) in [5.74, 6) is 2.34. The summed E-state index contributed by atoms with van der Waals surface area (Å²) in [5, 5.41) is 0. The third kappa shape index (κ3) is 8.66. The van der Waals surface area contributed by atoms with E-state index < -0.39 is 0 Å². The number of hydrogen-bond acceptors (Lipinski definition) is 1. The zero-order valence-electron chi connectivity index (χ0n) is 17.8. The number of rotatable bonds is 13. The lowest BCUT2D eigenvalue weighted by atomic mass is 9.78. The van der Waals surface area contributed by atoms with Gasteiger partial charge in [-0.15, -0.1) is 0 Å². The Bertz CT molecular complexity index is 505. The van der Waals surface area contributed by atoms with Crippen molar-refractivity contribution < 1.29 is 9.13 Å². The van der Waals surface area contributed by atoms with Crippen molar-refractivity contribution in [3.05, 3.63) is 29.6 Å². The van der Waals surface area contributed by atoms with Gasteiger partial charge in [-0.05, 0) is 42.7 Å². The van der Waals surface area contributed by atoms with Gasteiger partial charge in [-0.1, -0.05) is 90.5 Å². The molecule has 0 saturated heterocycles. The van der Waals surface area contributed by atoms with E-state index in [4.69, 9.17) is 4.74 Å². The second-order valence-electron chi connectivity index (χ2n) is 8.58. The van der Waals surface area contributed by atoms with Crippen molar-refractivity contribution >= 4 is 0 Å². The second kappa shape index (κ2) is 13.2. The Morgan fingerprint density at radius 1 is 0.852 bits per heavy atom. The topological polar surface area (TPSA) is 9.23 Å². The molecule has 1 aromatic carbocycles. The van der Waals surface area contributed by atoms with Crippen molar-refractivity contribution in [2.45, 2.75) is 104 Å². The van der Waals surface area contributed by atoms with Gasteiger partial charge in [0.05, 0.1) is 6.61 Å². The third-order valence-corrected chi connectivity index (χ3v) is 6.30. The average Bonchev–Trinajstić information content (AvgIpc) is 2.68. The van der Waals surface area contributed by atoms with Crippen molar-refractivity contribution in [3.8, 4) is 5.75 Å². The molecule has 0 atom stereocenters. The zero-order valence-corrected chi connectivity index (χ0v) is 17.8. The number of unbranched alkanes of at least 4 members (excludes halogenated alkanes) is 5. The van der Waals surface area contributed by atoms with Crippen molar-refractivity contribution in [1.82, 2.24) is 0 Å². The lowest BCUT2D eigenvalue weighted by Gasteiger charge is -2.28. The van der Waals surface area contributed by atoms with Crippen LogP contribution in [0.5, 0.6) is 5.75 Å². The first kappa shape index (κ1) is 22.2. The summed E-state index contributed by atoms with van der Waals surface area (Å²) in [6.07, 6.45) is 17.7. The van der Waals surface area contributed by atoms with Crippen LogP contribution >= 0.6 is 0 Å². The van der Waals surface area contributed by atoms with E-state index in [-0.39, 0.29) is 5.82 Å². The van der Waals surface area contributed by atoms with E-state index in [1.807, 2.05) is 12.1 Å². The van der Waals surface area contributed by atoms with Gasteiger partial charge in [-0.3, -0.25) is 0 Å². The normalized spacial score (nSPS) is 20.0. The summed E-state index contributed by atoms with van der Waals surface area (Å²) in [5.41, 5.74) is 0.860. The molecule has 0 amide bonds. The smallest absolute Gasteiger partial charge is 0.130 e. The van der Waals surface area contributed by atoms with E-state index in [0.717, 1.165) is 36.7 Å². The van der Waals surface area contributed by atoms with Crippen LogP contribution in [0.25, 0.3) is 0 Å². The molecule has 2 rings (SSSR count). The average molecular weight is 377 g/mol. The molecule has 27 heavy (non-hydrogen) atoms. The van der Waals surface area contributed by atoms with Crippen LogP contribution in [-0.2, 0) is 6.42 Å². The second-order valence-corrected chi connectivity index (χ2v) is 8.58. The molecule has 1 nitrogen and oxygen atoms in total. The van der Waals surface area contributed by atoms with Gasteiger partial charge in [0, 0.05) is 6.07 Å². The molecule has 1 aliphatic rings. The van der Waals surface area contributed by atoms with E-state index in [2.05, 4.69) is 13.8 Å². The number of ether oxygens (including phenoxy) is 1.